The molecule has 4 heteroatoms. The fraction of sp³-hybridized carbons (Fsp3) is 1.00. The Balaban J connectivity index is 1.83. The summed E-state index contributed by atoms with van der Waals surface area (Å²) in [7, 11) is -2.97. The van der Waals surface area contributed by atoms with Crippen LogP contribution in [0.15, 0.2) is 0 Å². The molecule has 2 atom stereocenters. The van der Waals surface area contributed by atoms with Crippen LogP contribution in [0.2, 0.25) is 0 Å². The normalized spacial score (nSPS) is 31.9. The maximum absolute atomic E-state index is 11.9. The van der Waals surface area contributed by atoms with E-state index in [0.29, 0.717) is 6.04 Å². The highest BCUT2D eigenvalue weighted by molar-refractivity contribution is 7.89. The molecule has 0 amide bonds. The smallest absolute Gasteiger partial charge is 0.212 e. The zero-order chi connectivity index (χ0) is 11.8. The fourth-order valence-electron chi connectivity index (χ4n) is 2.74. The molecule has 1 heterocycles. The van der Waals surface area contributed by atoms with Gasteiger partial charge in [-0.05, 0) is 26.2 Å². The number of hydrogen-bond donors (Lipinski definition) is 0. The molecule has 0 aromatic heterocycles. The van der Waals surface area contributed by atoms with Gasteiger partial charge in [0.25, 0.3) is 0 Å². The van der Waals surface area contributed by atoms with Gasteiger partial charge in [0.05, 0.1) is 5.25 Å². The number of rotatable bonds is 4. The van der Waals surface area contributed by atoms with E-state index in [-0.39, 0.29) is 5.25 Å². The molecule has 0 N–H and O–H groups in total. The second-order valence-corrected chi connectivity index (χ2v) is 8.00. The second kappa shape index (κ2) is 4.65. The quantitative estimate of drug-likeness (QED) is 0.713. The Labute approximate surface area is 99.3 Å². The standard InChI is InChI=1S/C12H23NO2S/c1-10(2)16(14,15)13-9-12(13)8-11-6-4-3-5-7-11/h10-12H,3-9H2,1-2H3. The lowest BCUT2D eigenvalue weighted by molar-refractivity contribution is 0.331. The Bertz CT molecular complexity index is 331. The van der Waals surface area contributed by atoms with Gasteiger partial charge in [-0.2, -0.15) is 4.31 Å². The first-order valence-corrected chi connectivity index (χ1v) is 8.03. The first kappa shape index (κ1) is 12.4. The van der Waals surface area contributed by atoms with Crippen LogP contribution in [-0.4, -0.2) is 30.6 Å². The van der Waals surface area contributed by atoms with Crippen molar-refractivity contribution in [3.8, 4) is 0 Å². The van der Waals surface area contributed by atoms with Crippen LogP contribution in [0.25, 0.3) is 0 Å². The molecule has 16 heavy (non-hydrogen) atoms. The zero-order valence-corrected chi connectivity index (χ0v) is 11.2. The minimum absolute atomic E-state index is 0.260. The molecule has 1 saturated heterocycles. The van der Waals surface area contributed by atoms with E-state index in [1.807, 2.05) is 0 Å². The van der Waals surface area contributed by atoms with E-state index in [0.717, 1.165) is 18.9 Å². The summed E-state index contributed by atoms with van der Waals surface area (Å²) in [5, 5.41) is -0.260. The summed E-state index contributed by atoms with van der Waals surface area (Å²) in [6, 6.07) is 0.329. The largest absolute Gasteiger partial charge is 0.216 e. The molecule has 0 aromatic carbocycles. The summed E-state index contributed by atoms with van der Waals surface area (Å²) in [4.78, 5) is 0. The first-order chi connectivity index (χ1) is 7.51. The van der Waals surface area contributed by atoms with Gasteiger partial charge in [0, 0.05) is 12.6 Å². The van der Waals surface area contributed by atoms with Crippen molar-refractivity contribution < 1.29 is 8.42 Å². The van der Waals surface area contributed by atoms with E-state index >= 15 is 0 Å². The van der Waals surface area contributed by atoms with Crippen LogP contribution in [0, 0.1) is 5.92 Å². The van der Waals surface area contributed by atoms with Crippen molar-refractivity contribution in [3.05, 3.63) is 0 Å². The van der Waals surface area contributed by atoms with Crippen molar-refractivity contribution in [3.63, 3.8) is 0 Å². The molecule has 0 aromatic rings. The van der Waals surface area contributed by atoms with Gasteiger partial charge in [-0.25, -0.2) is 8.42 Å². The van der Waals surface area contributed by atoms with Crippen molar-refractivity contribution in [2.24, 2.45) is 5.92 Å². The molecular weight excluding hydrogens is 222 g/mol. The first-order valence-electron chi connectivity index (χ1n) is 6.52. The van der Waals surface area contributed by atoms with E-state index in [1.165, 1.54) is 32.1 Å². The predicted molar refractivity (Wildman–Crippen MR) is 65.7 cm³/mol. The third-order valence-corrected chi connectivity index (χ3v) is 6.21. The summed E-state index contributed by atoms with van der Waals surface area (Å²) >= 11 is 0. The molecule has 1 aliphatic carbocycles. The van der Waals surface area contributed by atoms with Gasteiger partial charge in [-0.3, -0.25) is 0 Å². The van der Waals surface area contributed by atoms with Crippen molar-refractivity contribution in [2.75, 3.05) is 6.54 Å². The van der Waals surface area contributed by atoms with Gasteiger partial charge in [0.15, 0.2) is 0 Å². The average molecular weight is 245 g/mol. The van der Waals surface area contributed by atoms with Crippen LogP contribution in [0.3, 0.4) is 0 Å². The molecule has 0 radical (unpaired) electrons. The fourth-order valence-corrected chi connectivity index (χ4v) is 4.17. The summed E-state index contributed by atoms with van der Waals surface area (Å²) in [5.74, 6) is 0.783. The summed E-state index contributed by atoms with van der Waals surface area (Å²) in [6.07, 6.45) is 7.78. The molecule has 1 aliphatic heterocycles. The number of sulfonamides is 1. The van der Waals surface area contributed by atoms with Crippen LogP contribution in [0.1, 0.15) is 52.4 Å². The minimum atomic E-state index is -2.97. The van der Waals surface area contributed by atoms with E-state index in [4.69, 9.17) is 0 Å². The number of hydrogen-bond acceptors (Lipinski definition) is 2. The topological polar surface area (TPSA) is 37.1 Å². The van der Waals surface area contributed by atoms with E-state index in [1.54, 1.807) is 18.2 Å². The van der Waals surface area contributed by atoms with E-state index in [9.17, 15) is 8.42 Å². The average Bonchev–Trinajstić information content (AvgIpc) is 2.99. The number of nitrogens with zero attached hydrogens (tertiary/aromatic N) is 1. The predicted octanol–water partition coefficient (Wildman–Crippen LogP) is 2.38. The highest BCUT2D eigenvalue weighted by atomic mass is 32.2. The molecule has 94 valence electrons. The SMILES string of the molecule is CC(C)S(=O)(=O)N1CC1CC1CCCCC1. The van der Waals surface area contributed by atoms with Gasteiger partial charge < -0.3 is 0 Å². The molecule has 2 rings (SSSR count). The van der Waals surface area contributed by atoms with Crippen molar-refractivity contribution in [2.45, 2.75) is 63.7 Å². The van der Waals surface area contributed by atoms with Crippen LogP contribution in [-0.2, 0) is 10.0 Å². The zero-order valence-electron chi connectivity index (χ0n) is 10.4. The molecule has 2 aliphatic rings. The molecule has 3 nitrogen and oxygen atoms in total. The Hall–Kier alpha value is -0.0900. The maximum atomic E-state index is 11.9. The Kier molecular flexibility index (Phi) is 3.59. The lowest BCUT2D eigenvalue weighted by Crippen LogP contribution is -2.24. The van der Waals surface area contributed by atoms with Crippen LogP contribution < -0.4 is 0 Å². The van der Waals surface area contributed by atoms with Gasteiger partial charge >= 0.3 is 0 Å². The van der Waals surface area contributed by atoms with Gasteiger partial charge in [0.1, 0.15) is 0 Å². The Morgan fingerprint density at radius 3 is 2.38 bits per heavy atom. The summed E-state index contributed by atoms with van der Waals surface area (Å²) < 4.78 is 25.4. The lowest BCUT2D eigenvalue weighted by atomic mass is 9.86. The Morgan fingerprint density at radius 2 is 1.81 bits per heavy atom. The summed E-state index contributed by atoms with van der Waals surface area (Å²) in [5.41, 5.74) is 0. The molecule has 2 unspecified atom stereocenters. The highest BCUT2D eigenvalue weighted by Crippen LogP contribution is 2.35. The van der Waals surface area contributed by atoms with Gasteiger partial charge in [-0.15, -0.1) is 0 Å². The molecule has 0 spiro atoms. The van der Waals surface area contributed by atoms with Crippen molar-refractivity contribution in [1.29, 1.82) is 0 Å². The van der Waals surface area contributed by atoms with Gasteiger partial charge in [0.2, 0.25) is 10.0 Å². The molecule has 1 saturated carbocycles. The van der Waals surface area contributed by atoms with E-state index < -0.39 is 10.0 Å². The molecule has 0 bridgehead atoms. The minimum Gasteiger partial charge on any atom is -0.212 e. The van der Waals surface area contributed by atoms with Crippen molar-refractivity contribution >= 4 is 10.0 Å². The lowest BCUT2D eigenvalue weighted by Gasteiger charge is -2.21. The highest BCUT2D eigenvalue weighted by Gasteiger charge is 2.45. The Morgan fingerprint density at radius 1 is 1.19 bits per heavy atom. The summed E-state index contributed by atoms with van der Waals surface area (Å²) in [6.45, 7) is 4.31. The van der Waals surface area contributed by atoms with E-state index in [2.05, 4.69) is 0 Å². The monoisotopic (exact) mass is 245 g/mol. The van der Waals surface area contributed by atoms with Crippen LogP contribution in [0.5, 0.6) is 0 Å². The van der Waals surface area contributed by atoms with Gasteiger partial charge in [-0.1, -0.05) is 32.1 Å². The second-order valence-electron chi connectivity index (χ2n) is 5.56. The third-order valence-electron chi connectivity index (χ3n) is 3.92. The molecular formula is C12H23NO2S. The third kappa shape index (κ3) is 2.59. The van der Waals surface area contributed by atoms with Crippen molar-refractivity contribution in [1.82, 2.24) is 4.31 Å². The maximum Gasteiger partial charge on any atom is 0.216 e. The van der Waals surface area contributed by atoms with Crippen LogP contribution >= 0.6 is 0 Å². The van der Waals surface area contributed by atoms with Crippen LogP contribution in [0.4, 0.5) is 0 Å². The molecule has 2 fully saturated rings.